The molecule has 0 unspecified atom stereocenters. The van der Waals surface area contributed by atoms with Crippen molar-refractivity contribution in [3.8, 4) is 6.01 Å². The molecular weight excluding hydrogens is 220 g/mol. The molecular formula is C8H13ClN4O2. The number of halogens is 1. The second-order valence-corrected chi connectivity index (χ2v) is 3.05. The van der Waals surface area contributed by atoms with E-state index in [0.717, 1.165) is 6.42 Å². The zero-order valence-corrected chi connectivity index (χ0v) is 9.16. The van der Waals surface area contributed by atoms with Gasteiger partial charge in [-0.1, -0.05) is 6.92 Å². The number of aromatic nitrogens is 3. The van der Waals surface area contributed by atoms with Crippen molar-refractivity contribution in [2.45, 2.75) is 13.3 Å². The summed E-state index contributed by atoms with van der Waals surface area (Å²) in [5.74, 6) is 0.301. The van der Waals surface area contributed by atoms with E-state index < -0.39 is 0 Å². The van der Waals surface area contributed by atoms with Gasteiger partial charge < -0.3 is 15.2 Å². The maximum Gasteiger partial charge on any atom is 0.322 e. The Labute approximate surface area is 92.7 Å². The minimum absolute atomic E-state index is 0.00550. The van der Waals surface area contributed by atoms with Gasteiger partial charge >= 0.3 is 6.01 Å². The topological polar surface area (TPSA) is 80.2 Å². The van der Waals surface area contributed by atoms with E-state index in [0.29, 0.717) is 19.1 Å². The van der Waals surface area contributed by atoms with Crippen molar-refractivity contribution in [3.05, 3.63) is 5.28 Å². The van der Waals surface area contributed by atoms with E-state index in [2.05, 4.69) is 20.3 Å². The molecule has 1 rings (SSSR count). The predicted octanol–water partition coefficient (Wildman–Crippen LogP) is 0.718. The van der Waals surface area contributed by atoms with Gasteiger partial charge in [0.05, 0.1) is 13.2 Å². The molecule has 0 spiro atoms. The van der Waals surface area contributed by atoms with Gasteiger partial charge in [-0.15, -0.1) is 0 Å². The number of nitrogens with zero attached hydrogens (tertiary/aromatic N) is 3. The van der Waals surface area contributed by atoms with Gasteiger partial charge in [-0.25, -0.2) is 0 Å². The number of anilines is 1. The summed E-state index contributed by atoms with van der Waals surface area (Å²) in [6.45, 7) is 2.86. The van der Waals surface area contributed by atoms with Crippen LogP contribution in [0.25, 0.3) is 0 Å². The lowest BCUT2D eigenvalue weighted by Gasteiger charge is -2.05. The number of ether oxygens (including phenoxy) is 1. The Hall–Kier alpha value is -1.14. The molecule has 6 nitrogen and oxygen atoms in total. The summed E-state index contributed by atoms with van der Waals surface area (Å²) in [5, 5.41) is 11.5. The number of aliphatic hydroxyl groups is 1. The molecule has 1 aromatic heterocycles. The molecule has 0 aromatic carbocycles. The molecule has 1 heterocycles. The van der Waals surface area contributed by atoms with Gasteiger partial charge in [0.2, 0.25) is 11.2 Å². The maximum absolute atomic E-state index is 8.61. The van der Waals surface area contributed by atoms with Crippen molar-refractivity contribution in [1.82, 2.24) is 15.0 Å². The predicted molar refractivity (Wildman–Crippen MR) is 56.2 cm³/mol. The van der Waals surface area contributed by atoms with Crippen LogP contribution in [0.3, 0.4) is 0 Å². The van der Waals surface area contributed by atoms with Crippen LogP contribution in [0.15, 0.2) is 0 Å². The zero-order valence-electron chi connectivity index (χ0n) is 8.40. The highest BCUT2D eigenvalue weighted by Gasteiger charge is 2.04. The van der Waals surface area contributed by atoms with Gasteiger partial charge in [0.15, 0.2) is 0 Å². The van der Waals surface area contributed by atoms with E-state index in [1.54, 1.807) is 0 Å². The van der Waals surface area contributed by atoms with Crippen LogP contribution in [0.2, 0.25) is 5.28 Å². The SMILES string of the molecule is CCCOc1nc(Cl)nc(NCCO)n1. The van der Waals surface area contributed by atoms with E-state index in [9.17, 15) is 0 Å². The Morgan fingerprint density at radius 3 is 2.87 bits per heavy atom. The fourth-order valence-corrected chi connectivity index (χ4v) is 0.989. The summed E-state index contributed by atoms with van der Waals surface area (Å²) in [4.78, 5) is 11.6. The highest BCUT2D eigenvalue weighted by molar-refractivity contribution is 6.28. The van der Waals surface area contributed by atoms with Gasteiger partial charge in [0, 0.05) is 6.54 Å². The first-order chi connectivity index (χ1) is 7.26. The molecule has 84 valence electrons. The number of rotatable bonds is 6. The number of aliphatic hydroxyl groups excluding tert-OH is 1. The van der Waals surface area contributed by atoms with Gasteiger partial charge in [-0.2, -0.15) is 15.0 Å². The summed E-state index contributed by atoms with van der Waals surface area (Å²) >= 11 is 5.66. The molecule has 0 saturated carbocycles. The molecule has 15 heavy (non-hydrogen) atoms. The number of hydrogen-bond donors (Lipinski definition) is 2. The fourth-order valence-electron chi connectivity index (χ4n) is 0.837. The second-order valence-electron chi connectivity index (χ2n) is 2.71. The molecule has 0 amide bonds. The third kappa shape index (κ3) is 4.26. The molecule has 7 heteroatoms. The quantitative estimate of drug-likeness (QED) is 0.752. The summed E-state index contributed by atoms with van der Waals surface area (Å²) < 4.78 is 5.21. The molecule has 0 radical (unpaired) electrons. The lowest BCUT2D eigenvalue weighted by Crippen LogP contribution is -2.10. The molecule has 0 fully saturated rings. The fraction of sp³-hybridized carbons (Fsp3) is 0.625. The van der Waals surface area contributed by atoms with Crippen LogP contribution < -0.4 is 10.1 Å². The Bertz CT molecular complexity index is 284. The standard InChI is InChI=1S/C8H13ClN4O2/c1-2-5-15-8-12-6(9)11-7(13-8)10-3-4-14/h14H,2-5H2,1H3,(H,10,11,12,13). The number of hydrogen-bond acceptors (Lipinski definition) is 6. The van der Waals surface area contributed by atoms with E-state index in [1.807, 2.05) is 6.92 Å². The van der Waals surface area contributed by atoms with Crippen molar-refractivity contribution in [3.63, 3.8) is 0 Å². The van der Waals surface area contributed by atoms with Crippen LogP contribution in [0, 0.1) is 0 Å². The first kappa shape index (κ1) is 11.9. The molecule has 2 N–H and O–H groups in total. The summed E-state index contributed by atoms with van der Waals surface area (Å²) in [6, 6.07) is 0.192. The molecule has 0 aliphatic heterocycles. The molecule has 0 aliphatic rings. The van der Waals surface area contributed by atoms with Gasteiger partial charge in [0.1, 0.15) is 0 Å². The third-order valence-corrected chi connectivity index (χ3v) is 1.59. The third-order valence-electron chi connectivity index (χ3n) is 1.42. The van der Waals surface area contributed by atoms with E-state index >= 15 is 0 Å². The molecule has 0 atom stereocenters. The Morgan fingerprint density at radius 1 is 1.40 bits per heavy atom. The maximum atomic E-state index is 8.61. The van der Waals surface area contributed by atoms with Crippen molar-refractivity contribution in [1.29, 1.82) is 0 Å². The first-order valence-corrected chi connectivity index (χ1v) is 5.03. The molecule has 0 bridgehead atoms. The van der Waals surface area contributed by atoms with E-state index in [4.69, 9.17) is 21.4 Å². The van der Waals surface area contributed by atoms with Crippen LogP contribution in [-0.4, -0.2) is 39.8 Å². The highest BCUT2D eigenvalue weighted by atomic mass is 35.5. The Balaban J connectivity index is 2.66. The lowest BCUT2D eigenvalue weighted by atomic mass is 10.5. The largest absolute Gasteiger partial charge is 0.463 e. The van der Waals surface area contributed by atoms with Gasteiger partial charge in [0.25, 0.3) is 0 Å². The monoisotopic (exact) mass is 232 g/mol. The molecule has 0 aliphatic carbocycles. The average molecular weight is 233 g/mol. The summed E-state index contributed by atoms with van der Waals surface area (Å²) in [5.41, 5.74) is 0. The Morgan fingerprint density at radius 2 is 2.20 bits per heavy atom. The smallest absolute Gasteiger partial charge is 0.322 e. The summed E-state index contributed by atoms with van der Waals surface area (Å²) in [7, 11) is 0. The zero-order chi connectivity index (χ0) is 11.1. The molecule has 0 saturated heterocycles. The van der Waals surface area contributed by atoms with Crippen LogP contribution >= 0.6 is 11.6 Å². The van der Waals surface area contributed by atoms with Crippen LogP contribution in [0.1, 0.15) is 13.3 Å². The summed E-state index contributed by atoms with van der Waals surface area (Å²) in [6.07, 6.45) is 0.864. The minimum Gasteiger partial charge on any atom is -0.463 e. The van der Waals surface area contributed by atoms with Crippen LogP contribution in [-0.2, 0) is 0 Å². The normalized spacial score (nSPS) is 10.1. The Kier molecular flexibility index (Phi) is 5.06. The van der Waals surface area contributed by atoms with Crippen molar-refractivity contribution < 1.29 is 9.84 Å². The van der Waals surface area contributed by atoms with Crippen LogP contribution in [0.5, 0.6) is 6.01 Å². The average Bonchev–Trinajstić information content (AvgIpc) is 2.23. The van der Waals surface area contributed by atoms with Crippen molar-refractivity contribution in [2.24, 2.45) is 0 Å². The van der Waals surface area contributed by atoms with Gasteiger partial charge in [-0.05, 0) is 18.0 Å². The van der Waals surface area contributed by atoms with E-state index in [-0.39, 0.29) is 17.9 Å². The lowest BCUT2D eigenvalue weighted by molar-refractivity contribution is 0.291. The first-order valence-electron chi connectivity index (χ1n) is 4.65. The second kappa shape index (κ2) is 6.36. The van der Waals surface area contributed by atoms with Crippen molar-refractivity contribution in [2.75, 3.05) is 25.1 Å². The number of nitrogens with one attached hydrogen (secondary N) is 1. The van der Waals surface area contributed by atoms with Crippen molar-refractivity contribution >= 4 is 17.5 Å². The molecule has 1 aromatic rings. The minimum atomic E-state index is -0.00550. The van der Waals surface area contributed by atoms with Crippen LogP contribution in [0.4, 0.5) is 5.95 Å². The van der Waals surface area contributed by atoms with E-state index in [1.165, 1.54) is 0 Å². The highest BCUT2D eigenvalue weighted by Crippen LogP contribution is 2.11. The van der Waals surface area contributed by atoms with Gasteiger partial charge in [-0.3, -0.25) is 0 Å².